The van der Waals surface area contributed by atoms with Gasteiger partial charge >= 0.3 is 0 Å². The van der Waals surface area contributed by atoms with Crippen molar-refractivity contribution in [3.8, 4) is 0 Å². The molecule has 0 atom stereocenters. The van der Waals surface area contributed by atoms with Crippen molar-refractivity contribution in [3.63, 3.8) is 0 Å². The molecule has 2 rings (SSSR count). The molecule has 0 aliphatic rings. The third-order valence-corrected chi connectivity index (χ3v) is 18.2. The van der Waals surface area contributed by atoms with Crippen molar-refractivity contribution in [2.75, 3.05) is 36.0 Å². The Morgan fingerprint density at radius 3 is 0.557 bits per heavy atom. The zero-order valence-corrected chi connectivity index (χ0v) is 55.5. The van der Waals surface area contributed by atoms with Gasteiger partial charge in [0.2, 0.25) is 0 Å². The van der Waals surface area contributed by atoms with E-state index in [1.165, 1.54) is 360 Å². The van der Waals surface area contributed by atoms with Gasteiger partial charge in [-0.2, -0.15) is 0 Å². The fraction of sp³-hybridized carbons (Fsp3) is 0.844. The normalized spacial score (nSPS) is 11.6. The highest BCUT2D eigenvalue weighted by atomic mass is 15.1. The van der Waals surface area contributed by atoms with Crippen LogP contribution in [0.1, 0.15) is 397 Å². The Labute approximate surface area is 498 Å². The second kappa shape index (κ2) is 54.0. The van der Waals surface area contributed by atoms with Crippen molar-refractivity contribution in [3.05, 3.63) is 57.6 Å². The van der Waals surface area contributed by atoms with E-state index in [4.69, 9.17) is 0 Å². The average Bonchev–Trinajstić information content (AvgIpc) is 3.46. The molecule has 0 saturated carbocycles. The van der Waals surface area contributed by atoms with Gasteiger partial charge in [0.25, 0.3) is 0 Å². The standard InChI is InChI=1S/C77H142N2/c1-9-17-25-33-41-49-57-70-65-74(78(61-53-45-37-29-21-13-5)62-54-46-38-30-22-14-6)66-71(58-50-42-34-26-18-10-2)76(70)69-77-72(59-51-43-35-27-19-11-3)67-75(68-73(77)60-52-44-36-28-20-12-4)79(63-55-47-39-31-23-15-7)64-56-48-40-32-24-16-8/h65-68H,9-64,69H2,1-8H3. The van der Waals surface area contributed by atoms with Gasteiger partial charge in [-0.05, 0) is 141 Å². The van der Waals surface area contributed by atoms with Gasteiger partial charge in [-0.25, -0.2) is 0 Å². The summed E-state index contributed by atoms with van der Waals surface area (Å²) in [5.74, 6) is 0. The second-order valence-electron chi connectivity index (χ2n) is 25.8. The van der Waals surface area contributed by atoms with Gasteiger partial charge in [0.1, 0.15) is 0 Å². The summed E-state index contributed by atoms with van der Waals surface area (Å²) in [4.78, 5) is 5.84. The lowest BCUT2D eigenvalue weighted by atomic mass is 9.84. The fourth-order valence-corrected chi connectivity index (χ4v) is 12.9. The van der Waals surface area contributed by atoms with E-state index in [-0.39, 0.29) is 0 Å². The van der Waals surface area contributed by atoms with Gasteiger partial charge in [-0.3, -0.25) is 0 Å². The van der Waals surface area contributed by atoms with Crippen LogP contribution in [-0.2, 0) is 32.1 Å². The minimum absolute atomic E-state index is 1.15. The molecule has 0 N–H and O–H groups in total. The average molecular weight is 1100 g/mol. The topological polar surface area (TPSA) is 6.48 Å². The molecular formula is C77H142N2. The Hall–Kier alpha value is -1.96. The maximum Gasteiger partial charge on any atom is 0.0371 e. The van der Waals surface area contributed by atoms with Crippen molar-refractivity contribution in [2.24, 2.45) is 0 Å². The molecule has 0 aromatic heterocycles. The summed E-state index contributed by atoms with van der Waals surface area (Å²) < 4.78 is 0. The van der Waals surface area contributed by atoms with Gasteiger partial charge in [0, 0.05) is 37.6 Å². The zero-order valence-electron chi connectivity index (χ0n) is 55.5. The maximum atomic E-state index is 2.92. The van der Waals surface area contributed by atoms with Crippen molar-refractivity contribution in [1.29, 1.82) is 0 Å². The van der Waals surface area contributed by atoms with Crippen molar-refractivity contribution in [1.82, 2.24) is 0 Å². The van der Waals surface area contributed by atoms with Crippen LogP contribution in [0.15, 0.2) is 24.3 Å². The molecule has 79 heavy (non-hydrogen) atoms. The molecule has 2 aromatic carbocycles. The van der Waals surface area contributed by atoms with Crippen LogP contribution in [0.25, 0.3) is 0 Å². The lowest BCUT2D eigenvalue weighted by Gasteiger charge is -2.30. The zero-order chi connectivity index (χ0) is 56.9. The van der Waals surface area contributed by atoms with Crippen LogP contribution in [0.4, 0.5) is 11.4 Å². The Morgan fingerprint density at radius 2 is 0.367 bits per heavy atom. The number of rotatable bonds is 60. The lowest BCUT2D eigenvalue weighted by molar-refractivity contribution is 0.574. The van der Waals surface area contributed by atoms with Crippen LogP contribution in [0.3, 0.4) is 0 Å². The third kappa shape index (κ3) is 37.1. The summed E-state index contributed by atoms with van der Waals surface area (Å²) >= 11 is 0. The molecule has 460 valence electrons. The summed E-state index contributed by atoms with van der Waals surface area (Å²) in [5.41, 5.74) is 13.6. The number of unbranched alkanes of at least 4 members (excludes halogenated alkanes) is 40. The van der Waals surface area contributed by atoms with Crippen LogP contribution in [0.2, 0.25) is 0 Å². The molecule has 0 saturated heterocycles. The quantitative estimate of drug-likeness (QED) is 0.0609. The van der Waals surface area contributed by atoms with Crippen LogP contribution in [0.5, 0.6) is 0 Å². The Bertz CT molecular complexity index is 1380. The SMILES string of the molecule is CCCCCCCCc1cc(N(CCCCCCCC)CCCCCCCC)cc(CCCCCCCC)c1Cc1c(CCCCCCCC)cc(N(CCCCCCCC)CCCCCCCC)cc1CCCCCCCC. The minimum atomic E-state index is 1.15. The molecule has 2 nitrogen and oxygen atoms in total. The van der Waals surface area contributed by atoms with E-state index in [2.05, 4.69) is 89.5 Å². The molecule has 2 heteroatoms. The van der Waals surface area contributed by atoms with Crippen LogP contribution in [-0.4, -0.2) is 26.2 Å². The number of hydrogen-bond acceptors (Lipinski definition) is 2. The van der Waals surface area contributed by atoms with E-state index < -0.39 is 0 Å². The Balaban J connectivity index is 2.95. The monoisotopic (exact) mass is 1100 g/mol. The number of nitrogens with zero attached hydrogens (tertiary/aromatic N) is 2. The van der Waals surface area contributed by atoms with E-state index in [1.54, 1.807) is 44.8 Å². The molecule has 0 fully saturated rings. The molecule has 0 amide bonds. The van der Waals surface area contributed by atoms with Crippen LogP contribution >= 0.6 is 0 Å². The molecule has 0 unspecified atom stereocenters. The smallest absolute Gasteiger partial charge is 0.0371 e. The molecule has 0 bridgehead atoms. The summed E-state index contributed by atoms with van der Waals surface area (Å²) in [6, 6.07) is 11.3. The van der Waals surface area contributed by atoms with Crippen molar-refractivity contribution in [2.45, 2.75) is 396 Å². The third-order valence-electron chi connectivity index (χ3n) is 18.2. The summed E-state index contributed by atoms with van der Waals surface area (Å²) in [6.07, 6.45) is 72.2. The van der Waals surface area contributed by atoms with Crippen molar-refractivity contribution >= 4 is 11.4 Å². The molecule has 0 aliphatic heterocycles. The first-order valence-electron chi connectivity index (χ1n) is 36.8. The molecule has 2 aromatic rings. The maximum absolute atomic E-state index is 2.92. The molecule has 0 aliphatic carbocycles. The predicted molar refractivity (Wildman–Crippen MR) is 362 cm³/mol. The van der Waals surface area contributed by atoms with Gasteiger partial charge in [0.05, 0.1) is 0 Å². The van der Waals surface area contributed by atoms with Gasteiger partial charge < -0.3 is 9.80 Å². The van der Waals surface area contributed by atoms with Crippen LogP contribution in [0, 0.1) is 0 Å². The molecule has 0 radical (unpaired) electrons. The van der Waals surface area contributed by atoms with Crippen molar-refractivity contribution < 1.29 is 0 Å². The largest absolute Gasteiger partial charge is 0.372 e. The van der Waals surface area contributed by atoms with E-state index in [9.17, 15) is 0 Å². The minimum Gasteiger partial charge on any atom is -0.372 e. The first-order valence-corrected chi connectivity index (χ1v) is 36.8. The molecule has 0 spiro atoms. The van der Waals surface area contributed by atoms with E-state index in [1.807, 2.05) is 0 Å². The van der Waals surface area contributed by atoms with Gasteiger partial charge in [-0.1, -0.05) is 312 Å². The second-order valence-corrected chi connectivity index (χ2v) is 25.8. The van der Waals surface area contributed by atoms with Gasteiger partial charge in [0.15, 0.2) is 0 Å². The summed E-state index contributed by atoms with van der Waals surface area (Å²) in [6.45, 7) is 23.9. The Morgan fingerprint density at radius 1 is 0.203 bits per heavy atom. The van der Waals surface area contributed by atoms with Crippen LogP contribution < -0.4 is 9.80 Å². The first kappa shape index (κ1) is 73.1. The predicted octanol–water partition coefficient (Wildman–Crippen LogP) is 25.9. The van der Waals surface area contributed by atoms with E-state index in [0.29, 0.717) is 0 Å². The number of aryl methyl sites for hydroxylation is 4. The molecular weight excluding hydrogens is 953 g/mol. The molecule has 0 heterocycles. The lowest BCUT2D eigenvalue weighted by Crippen LogP contribution is -2.27. The highest BCUT2D eigenvalue weighted by Gasteiger charge is 2.21. The first-order chi connectivity index (χ1) is 39.0. The highest BCUT2D eigenvalue weighted by Crippen LogP contribution is 2.35. The summed E-state index contributed by atoms with van der Waals surface area (Å²) in [5, 5.41) is 0. The highest BCUT2D eigenvalue weighted by molar-refractivity contribution is 5.59. The van der Waals surface area contributed by atoms with E-state index >= 15 is 0 Å². The fourth-order valence-electron chi connectivity index (χ4n) is 12.9. The summed E-state index contributed by atoms with van der Waals surface area (Å²) in [7, 11) is 0. The number of benzene rings is 2. The number of anilines is 2. The number of hydrogen-bond donors (Lipinski definition) is 0. The Kier molecular flexibility index (Phi) is 50.0. The van der Waals surface area contributed by atoms with Gasteiger partial charge in [-0.15, -0.1) is 0 Å². The van der Waals surface area contributed by atoms with E-state index in [0.717, 1.165) is 6.42 Å².